The summed E-state index contributed by atoms with van der Waals surface area (Å²) in [5.41, 5.74) is 8.27. The third-order valence-electron chi connectivity index (χ3n) is 1.80. The van der Waals surface area contributed by atoms with Crippen LogP contribution in [0, 0.1) is 11.3 Å². The van der Waals surface area contributed by atoms with Crippen LogP contribution in [0.5, 0.6) is 0 Å². The third-order valence-corrected chi connectivity index (χ3v) is 1.80. The molecule has 2 atom stereocenters. The predicted molar refractivity (Wildman–Crippen MR) is 48.3 cm³/mol. The number of nitrogens with one attached hydrogen (secondary N) is 1. The van der Waals surface area contributed by atoms with Crippen molar-refractivity contribution >= 4 is 0 Å². The van der Waals surface area contributed by atoms with Gasteiger partial charge in [0.05, 0.1) is 18.8 Å². The van der Waals surface area contributed by atoms with Gasteiger partial charge in [0.2, 0.25) is 0 Å². The van der Waals surface area contributed by atoms with E-state index in [4.69, 9.17) is 10.8 Å². The van der Waals surface area contributed by atoms with Gasteiger partial charge in [-0.05, 0) is 5.53 Å². The number of aromatic amines is 1. The molecule has 0 aliphatic rings. The van der Waals surface area contributed by atoms with Gasteiger partial charge in [0.1, 0.15) is 17.9 Å². The Kier molecular flexibility index (Phi) is 3.65. The number of rotatable bonds is 4. The molecule has 0 saturated heterocycles. The van der Waals surface area contributed by atoms with Crippen LogP contribution in [0.4, 0.5) is 0 Å². The minimum Gasteiger partial charge on any atom is -0.390 e. The van der Waals surface area contributed by atoms with Crippen LogP contribution in [0.3, 0.4) is 0 Å². The Hall–Kier alpha value is -2.07. The zero-order valence-electron chi connectivity index (χ0n) is 7.57. The smallest absolute Gasteiger partial charge is 0.141 e. The van der Waals surface area contributed by atoms with Crippen LogP contribution in [-0.2, 0) is 0 Å². The second-order valence-electron chi connectivity index (χ2n) is 2.74. The van der Waals surface area contributed by atoms with Gasteiger partial charge in [-0.3, -0.25) is 5.10 Å². The van der Waals surface area contributed by atoms with Crippen LogP contribution in [-0.4, -0.2) is 33.1 Å². The van der Waals surface area contributed by atoms with Crippen LogP contribution in [0.2, 0.25) is 0 Å². The van der Waals surface area contributed by atoms with E-state index in [2.05, 4.69) is 20.2 Å². The minimum absolute atomic E-state index is 0.0717. The van der Waals surface area contributed by atoms with E-state index in [9.17, 15) is 10.2 Å². The zero-order chi connectivity index (χ0) is 11.3. The molecule has 1 aromatic heterocycles. The molecule has 0 bridgehead atoms. The summed E-state index contributed by atoms with van der Waals surface area (Å²) in [6.07, 6.45) is -1.32. The molecule has 78 valence electrons. The highest BCUT2D eigenvalue weighted by molar-refractivity contribution is 5.30. The Balaban J connectivity index is 2.80. The number of nitrogens with zero attached hydrogens (tertiary/aromatic N) is 5. The van der Waals surface area contributed by atoms with Gasteiger partial charge >= 0.3 is 0 Å². The molecule has 0 amide bonds. The number of hydrogen-bond acceptors (Lipinski definition) is 5. The SMILES string of the molecule is N#Cc1[nH]ncc1C(O)C(O)CN=[N+]=[N-]. The van der Waals surface area contributed by atoms with Gasteiger partial charge in [-0.15, -0.1) is 0 Å². The van der Waals surface area contributed by atoms with Crippen molar-refractivity contribution in [3.8, 4) is 6.07 Å². The van der Waals surface area contributed by atoms with Crippen LogP contribution in [0.25, 0.3) is 10.4 Å². The average Bonchev–Trinajstić information content (AvgIpc) is 2.72. The molecule has 0 aromatic carbocycles. The van der Waals surface area contributed by atoms with E-state index < -0.39 is 12.2 Å². The summed E-state index contributed by atoms with van der Waals surface area (Å²) in [6.45, 7) is -0.270. The second-order valence-corrected chi connectivity index (χ2v) is 2.74. The quantitative estimate of drug-likeness (QED) is 0.363. The Labute approximate surface area is 84.4 Å². The van der Waals surface area contributed by atoms with Crippen molar-refractivity contribution in [2.45, 2.75) is 12.2 Å². The summed E-state index contributed by atoms with van der Waals surface area (Å²) >= 11 is 0. The maximum atomic E-state index is 9.57. The summed E-state index contributed by atoms with van der Waals surface area (Å²) < 4.78 is 0. The van der Waals surface area contributed by atoms with Crippen molar-refractivity contribution in [2.24, 2.45) is 5.11 Å². The molecule has 1 aromatic rings. The lowest BCUT2D eigenvalue weighted by molar-refractivity contribution is 0.0242. The lowest BCUT2D eigenvalue weighted by atomic mass is 10.1. The molecule has 8 heteroatoms. The van der Waals surface area contributed by atoms with E-state index in [0.717, 1.165) is 0 Å². The van der Waals surface area contributed by atoms with Crippen molar-refractivity contribution in [3.05, 3.63) is 27.9 Å². The number of aliphatic hydroxyl groups excluding tert-OH is 2. The number of aromatic nitrogens is 2. The number of azide groups is 1. The van der Waals surface area contributed by atoms with E-state index in [1.807, 2.05) is 0 Å². The largest absolute Gasteiger partial charge is 0.390 e. The Bertz CT molecular complexity index is 415. The molecule has 0 saturated carbocycles. The van der Waals surface area contributed by atoms with Gasteiger partial charge in [0.15, 0.2) is 0 Å². The van der Waals surface area contributed by atoms with E-state index in [0.29, 0.717) is 0 Å². The molecule has 3 N–H and O–H groups in total. The third kappa shape index (κ3) is 2.45. The van der Waals surface area contributed by atoms with Crippen molar-refractivity contribution in [1.82, 2.24) is 10.2 Å². The first-order chi connectivity index (χ1) is 7.20. The van der Waals surface area contributed by atoms with Crippen molar-refractivity contribution in [3.63, 3.8) is 0 Å². The lowest BCUT2D eigenvalue weighted by Crippen LogP contribution is -2.21. The molecule has 0 spiro atoms. The summed E-state index contributed by atoms with van der Waals surface area (Å²) in [4.78, 5) is 2.45. The van der Waals surface area contributed by atoms with E-state index in [1.54, 1.807) is 6.07 Å². The molecule has 0 aliphatic carbocycles. The van der Waals surface area contributed by atoms with Crippen molar-refractivity contribution < 1.29 is 10.2 Å². The second kappa shape index (κ2) is 4.97. The van der Waals surface area contributed by atoms with Crippen LogP contribution >= 0.6 is 0 Å². The van der Waals surface area contributed by atoms with Crippen molar-refractivity contribution in [1.29, 1.82) is 5.26 Å². The standard InChI is InChI=1S/C7H8N6O2/c8-1-5-4(2-10-12-5)7(15)6(14)3-11-13-9/h2,6-7,14-15H,3H2,(H,10,12). The molecular formula is C7H8N6O2. The van der Waals surface area contributed by atoms with Gasteiger partial charge in [-0.1, -0.05) is 5.11 Å². The first-order valence-electron chi connectivity index (χ1n) is 4.01. The molecular weight excluding hydrogens is 200 g/mol. The van der Waals surface area contributed by atoms with Gasteiger partial charge in [-0.25, -0.2) is 0 Å². The monoisotopic (exact) mass is 208 g/mol. The van der Waals surface area contributed by atoms with E-state index in [1.165, 1.54) is 6.20 Å². The summed E-state index contributed by atoms with van der Waals surface area (Å²) in [5, 5.41) is 36.6. The highest BCUT2D eigenvalue weighted by atomic mass is 16.3. The summed E-state index contributed by atoms with van der Waals surface area (Å²) in [5.74, 6) is 0. The molecule has 1 heterocycles. The van der Waals surface area contributed by atoms with Gasteiger partial charge < -0.3 is 10.2 Å². The fourth-order valence-electron chi connectivity index (χ4n) is 1.04. The topological polar surface area (TPSA) is 142 Å². The Morgan fingerprint density at radius 2 is 2.47 bits per heavy atom. The van der Waals surface area contributed by atoms with Gasteiger partial charge in [0, 0.05) is 10.5 Å². The first kappa shape index (κ1) is 11.0. The number of hydrogen-bond donors (Lipinski definition) is 3. The summed E-state index contributed by atoms with van der Waals surface area (Å²) in [6, 6.07) is 1.77. The molecule has 8 nitrogen and oxygen atoms in total. The molecule has 0 radical (unpaired) electrons. The highest BCUT2D eigenvalue weighted by Crippen LogP contribution is 2.18. The Morgan fingerprint density at radius 3 is 3.07 bits per heavy atom. The van der Waals surface area contributed by atoms with E-state index >= 15 is 0 Å². The number of nitriles is 1. The molecule has 15 heavy (non-hydrogen) atoms. The maximum absolute atomic E-state index is 9.57. The first-order valence-corrected chi connectivity index (χ1v) is 4.01. The van der Waals surface area contributed by atoms with Crippen molar-refractivity contribution in [2.75, 3.05) is 6.54 Å². The van der Waals surface area contributed by atoms with Crippen LogP contribution < -0.4 is 0 Å². The Morgan fingerprint density at radius 1 is 1.73 bits per heavy atom. The minimum atomic E-state index is -1.30. The predicted octanol–water partition coefficient (Wildman–Crippen LogP) is -0.0140. The number of aliphatic hydroxyl groups is 2. The number of H-pyrrole nitrogens is 1. The average molecular weight is 208 g/mol. The molecule has 1 rings (SSSR count). The zero-order valence-corrected chi connectivity index (χ0v) is 7.57. The van der Waals surface area contributed by atoms with E-state index in [-0.39, 0.29) is 17.8 Å². The van der Waals surface area contributed by atoms with Crippen LogP contribution in [0.15, 0.2) is 11.3 Å². The van der Waals surface area contributed by atoms with Gasteiger partial charge in [-0.2, -0.15) is 10.4 Å². The fourth-order valence-corrected chi connectivity index (χ4v) is 1.04. The normalized spacial score (nSPS) is 13.7. The molecule has 0 fully saturated rings. The summed E-state index contributed by atoms with van der Waals surface area (Å²) in [7, 11) is 0. The lowest BCUT2D eigenvalue weighted by Gasteiger charge is -2.14. The maximum Gasteiger partial charge on any atom is 0.141 e. The highest BCUT2D eigenvalue weighted by Gasteiger charge is 2.21. The van der Waals surface area contributed by atoms with Crippen LogP contribution in [0.1, 0.15) is 17.4 Å². The van der Waals surface area contributed by atoms with Gasteiger partial charge in [0.25, 0.3) is 0 Å². The molecule has 0 aliphatic heterocycles. The molecule has 2 unspecified atom stereocenters. The fraction of sp³-hybridized carbons (Fsp3) is 0.429.